The van der Waals surface area contributed by atoms with E-state index in [2.05, 4.69) is 26.2 Å². The SMILES string of the molecule is C[C@H](CCC(=O)N[N+](=C\c1ccccc1)/C([O-])=C\Cl)[C@H]1CC[C@H]2[C@@H]3CC[C@H]4C[C@H](O)CC[C@]4(C)[C@H]3CC[C@]12C. The third kappa shape index (κ3) is 5.55. The molecule has 1 amide bonds. The van der Waals surface area contributed by atoms with Crippen molar-refractivity contribution in [2.75, 3.05) is 0 Å². The number of carbonyl (C=O) groups excluding carboxylic acids is 1. The van der Waals surface area contributed by atoms with Gasteiger partial charge in [0.1, 0.15) is 0 Å². The van der Waals surface area contributed by atoms with Gasteiger partial charge in [0.05, 0.1) is 11.6 Å². The number of hydrogen-bond donors (Lipinski definition) is 2. The summed E-state index contributed by atoms with van der Waals surface area (Å²) in [6, 6.07) is 9.43. The molecular weight excluding hydrogens is 508 g/mol. The number of fused-ring (bicyclic) bond motifs is 5. The van der Waals surface area contributed by atoms with Crippen molar-refractivity contribution in [2.45, 2.75) is 97.5 Å². The first-order valence-corrected chi connectivity index (χ1v) is 15.7. The lowest BCUT2D eigenvalue weighted by molar-refractivity contribution is -0.630. The first-order valence-electron chi connectivity index (χ1n) is 15.3. The lowest BCUT2D eigenvalue weighted by atomic mass is 9.44. The van der Waals surface area contributed by atoms with Gasteiger partial charge in [-0.3, -0.25) is 4.79 Å². The van der Waals surface area contributed by atoms with Crippen LogP contribution >= 0.6 is 11.6 Å². The fraction of sp³-hybridized carbons (Fsp3) is 0.697. The first kappa shape index (κ1) is 28.7. The number of carbonyl (C=O) groups is 1. The molecule has 2 N–H and O–H groups in total. The van der Waals surface area contributed by atoms with Gasteiger partial charge >= 0.3 is 0 Å². The molecule has 0 aliphatic heterocycles. The van der Waals surface area contributed by atoms with Crippen LogP contribution in [0, 0.1) is 46.3 Å². The van der Waals surface area contributed by atoms with E-state index in [9.17, 15) is 15.0 Å². The van der Waals surface area contributed by atoms with Crippen LogP contribution in [0.5, 0.6) is 0 Å². The molecule has 0 aromatic heterocycles. The minimum absolute atomic E-state index is 0.0862. The summed E-state index contributed by atoms with van der Waals surface area (Å²) in [4.78, 5) is 12.9. The molecule has 5 nitrogen and oxygen atoms in total. The summed E-state index contributed by atoms with van der Waals surface area (Å²) in [7, 11) is 0. The highest BCUT2D eigenvalue weighted by Crippen LogP contribution is 2.68. The van der Waals surface area contributed by atoms with Crippen molar-refractivity contribution in [3.8, 4) is 0 Å². The average Bonchev–Trinajstić information content (AvgIpc) is 3.29. The van der Waals surface area contributed by atoms with E-state index < -0.39 is 5.88 Å². The number of amides is 1. The molecule has 214 valence electrons. The summed E-state index contributed by atoms with van der Waals surface area (Å²) >= 11 is 5.69. The van der Waals surface area contributed by atoms with Crippen molar-refractivity contribution in [1.82, 2.24) is 5.43 Å². The maximum atomic E-state index is 12.9. The van der Waals surface area contributed by atoms with Crippen LogP contribution in [-0.2, 0) is 4.79 Å². The van der Waals surface area contributed by atoms with Crippen molar-refractivity contribution in [3.63, 3.8) is 0 Å². The summed E-state index contributed by atoms with van der Waals surface area (Å²) in [5.74, 6) is 3.58. The lowest BCUT2D eigenvalue weighted by Crippen LogP contribution is -2.54. The molecule has 1 aromatic carbocycles. The molecule has 0 radical (unpaired) electrons. The quantitative estimate of drug-likeness (QED) is 0.188. The Hall–Kier alpha value is -1.85. The molecule has 1 aromatic rings. The van der Waals surface area contributed by atoms with Gasteiger partial charge in [0.2, 0.25) is 6.21 Å². The maximum Gasteiger partial charge on any atom is 0.274 e. The van der Waals surface area contributed by atoms with E-state index in [4.69, 9.17) is 11.6 Å². The van der Waals surface area contributed by atoms with Crippen LogP contribution in [0.1, 0.15) is 97.0 Å². The first-order chi connectivity index (χ1) is 18.7. The lowest BCUT2D eigenvalue weighted by Gasteiger charge is -2.61. The van der Waals surface area contributed by atoms with Crippen LogP contribution in [0.4, 0.5) is 0 Å². The van der Waals surface area contributed by atoms with Gasteiger partial charge in [-0.15, -0.1) is 5.43 Å². The summed E-state index contributed by atoms with van der Waals surface area (Å²) in [5, 5.41) is 22.7. The summed E-state index contributed by atoms with van der Waals surface area (Å²) in [6.07, 6.45) is 13.7. The van der Waals surface area contributed by atoms with Gasteiger partial charge in [-0.05, 0) is 123 Å². The van der Waals surface area contributed by atoms with E-state index in [0.29, 0.717) is 35.0 Å². The molecule has 0 bridgehead atoms. The van der Waals surface area contributed by atoms with Crippen LogP contribution in [-0.4, -0.2) is 28.0 Å². The largest absolute Gasteiger partial charge is 0.821 e. The van der Waals surface area contributed by atoms with Gasteiger partial charge in [-0.25, -0.2) is 0 Å². The molecule has 0 saturated heterocycles. The van der Waals surface area contributed by atoms with E-state index in [1.165, 1.54) is 49.6 Å². The highest BCUT2D eigenvalue weighted by Gasteiger charge is 2.60. The number of aliphatic hydroxyl groups excluding tert-OH is 1. The second-order valence-electron chi connectivity index (χ2n) is 13.7. The summed E-state index contributed by atoms with van der Waals surface area (Å²) in [6.45, 7) is 7.46. The van der Waals surface area contributed by atoms with Gasteiger partial charge < -0.3 is 10.2 Å². The van der Waals surface area contributed by atoms with Crippen molar-refractivity contribution in [1.29, 1.82) is 0 Å². The Morgan fingerprint density at radius 3 is 2.56 bits per heavy atom. The number of nitrogens with one attached hydrogen (secondary N) is 1. The number of rotatable bonds is 7. The molecule has 4 aliphatic rings. The van der Waals surface area contributed by atoms with E-state index in [-0.39, 0.29) is 12.0 Å². The number of nitrogens with zero attached hydrogens (tertiary/aromatic N) is 1. The Kier molecular flexibility index (Phi) is 8.50. The Labute approximate surface area is 239 Å². The van der Waals surface area contributed by atoms with E-state index in [0.717, 1.165) is 48.1 Å². The second kappa shape index (κ2) is 11.6. The molecular formula is C33H47ClN2O3. The van der Waals surface area contributed by atoms with Crippen molar-refractivity contribution >= 4 is 23.7 Å². The Morgan fingerprint density at radius 1 is 1.10 bits per heavy atom. The van der Waals surface area contributed by atoms with Gasteiger partial charge in [0, 0.05) is 12.0 Å². The third-order valence-electron chi connectivity index (χ3n) is 11.9. The average molecular weight is 555 g/mol. The molecule has 4 saturated carbocycles. The van der Waals surface area contributed by atoms with Crippen molar-refractivity contribution < 1.29 is 19.7 Å². The van der Waals surface area contributed by atoms with Gasteiger partial charge in [-0.1, -0.05) is 55.3 Å². The highest BCUT2D eigenvalue weighted by molar-refractivity contribution is 6.25. The molecule has 5 rings (SSSR count). The van der Waals surface area contributed by atoms with Crippen LogP contribution < -0.4 is 10.5 Å². The number of benzene rings is 1. The summed E-state index contributed by atoms with van der Waals surface area (Å²) < 4.78 is 1.19. The molecule has 0 spiro atoms. The zero-order valence-electron chi connectivity index (χ0n) is 23.9. The Balaban J connectivity index is 1.21. The molecule has 9 atom stereocenters. The van der Waals surface area contributed by atoms with Crippen LogP contribution in [0.25, 0.3) is 0 Å². The van der Waals surface area contributed by atoms with Crippen LogP contribution in [0.2, 0.25) is 0 Å². The molecule has 39 heavy (non-hydrogen) atoms. The molecule has 6 heteroatoms. The fourth-order valence-electron chi connectivity index (χ4n) is 9.85. The molecule has 4 aliphatic carbocycles. The normalized spacial score (nSPS) is 39.3. The number of aliphatic hydroxyl groups is 1. The van der Waals surface area contributed by atoms with E-state index in [1.807, 2.05) is 30.3 Å². The predicted molar refractivity (Wildman–Crippen MR) is 154 cm³/mol. The van der Waals surface area contributed by atoms with Crippen LogP contribution in [0.3, 0.4) is 0 Å². The monoisotopic (exact) mass is 554 g/mol. The zero-order valence-corrected chi connectivity index (χ0v) is 24.7. The van der Waals surface area contributed by atoms with Crippen molar-refractivity contribution in [3.05, 3.63) is 47.3 Å². The number of hydrogen-bond acceptors (Lipinski definition) is 3. The van der Waals surface area contributed by atoms with E-state index in [1.54, 1.807) is 6.21 Å². The second-order valence-corrected chi connectivity index (χ2v) is 13.9. The standard InChI is InChI=1S/C33H47ClN2O3/c1-22(9-14-30(38)35-36(31(39)20-34)21-23-7-5-4-6-8-23)27-12-13-28-26-11-10-24-19-25(37)15-17-32(24,2)29(26)16-18-33(27,28)3/h4-8,20-22,24-29,37H,9-19H2,1-3H3,(H-,35,38,39)/b31-20+,36-21-/t22-,24+,25-,26+,27-,28+,29+,32+,33-/m1/s1. The predicted octanol–water partition coefficient (Wildman–Crippen LogP) is 5.98. The topological polar surface area (TPSA) is 75.4 Å². The van der Waals surface area contributed by atoms with Crippen molar-refractivity contribution in [2.24, 2.45) is 46.3 Å². The minimum Gasteiger partial charge on any atom is -0.821 e. The molecule has 4 fully saturated rings. The zero-order chi connectivity index (χ0) is 27.8. The van der Waals surface area contributed by atoms with Crippen LogP contribution in [0.15, 0.2) is 41.8 Å². The highest BCUT2D eigenvalue weighted by atomic mass is 35.5. The molecule has 0 heterocycles. The number of hydrazine groups is 1. The fourth-order valence-corrected chi connectivity index (χ4v) is 9.96. The smallest absolute Gasteiger partial charge is 0.274 e. The third-order valence-corrected chi connectivity index (χ3v) is 12.1. The van der Waals surface area contributed by atoms with Gasteiger partial charge in [0.25, 0.3) is 5.91 Å². The van der Waals surface area contributed by atoms with E-state index >= 15 is 0 Å². The Morgan fingerprint density at radius 2 is 1.82 bits per heavy atom. The van der Waals surface area contributed by atoms with Gasteiger partial charge in [0.15, 0.2) is 5.88 Å². The number of halogens is 1. The maximum absolute atomic E-state index is 12.9. The minimum atomic E-state index is -0.472. The Bertz CT molecular complexity index is 1090. The van der Waals surface area contributed by atoms with Gasteiger partial charge in [-0.2, -0.15) is 0 Å². The number of hydrazone groups is 1. The molecule has 0 unspecified atom stereocenters. The summed E-state index contributed by atoms with van der Waals surface area (Å²) in [5.41, 5.74) is 5.27.